The number of piperidine rings is 2. The standard InChI is InChI=1S/C24H29N3O4.C19H21N3O2/c1-16-11-20(9-10-27(16)23(29)31-24(2,3)4)30-22-12-18(14-26-15-25-13-21(22)26)17-5-7-19(28)8-6-17;1-13-8-17(6-7-21-13)24-19-9-15(11-22-12-20-10-18(19)22)14-2-4-16(23)5-3-14/h5-8,12-16,20,28H,9-11H2,1-4H3;2-5,9-13,17,21,23H,6-8H2,1H3/t16-,20-;13-,17-/m11/s1. The number of phenolic OH excluding ortho intramolecular Hbond substituents is 2. The van der Waals surface area contributed by atoms with Crippen LogP contribution < -0.4 is 14.8 Å². The second kappa shape index (κ2) is 15.9. The Bertz CT molecular complexity index is 2230. The fourth-order valence-corrected chi connectivity index (χ4v) is 7.19. The van der Waals surface area contributed by atoms with Crippen LogP contribution in [0, 0.1) is 0 Å². The van der Waals surface area contributed by atoms with E-state index in [1.165, 1.54) is 0 Å². The normalized spacial score (nSPS) is 20.1. The Hall–Kier alpha value is -5.75. The monoisotopic (exact) mass is 746 g/mol. The van der Waals surface area contributed by atoms with E-state index in [-0.39, 0.29) is 35.8 Å². The molecule has 0 aliphatic carbocycles. The molecule has 288 valence electrons. The Morgan fingerprint density at radius 3 is 1.73 bits per heavy atom. The first kappa shape index (κ1) is 37.6. The highest BCUT2D eigenvalue weighted by molar-refractivity contribution is 5.72. The van der Waals surface area contributed by atoms with E-state index >= 15 is 0 Å². The molecule has 0 unspecified atom stereocenters. The van der Waals surface area contributed by atoms with Gasteiger partial charge in [-0.25, -0.2) is 14.8 Å². The summed E-state index contributed by atoms with van der Waals surface area (Å²) in [4.78, 5) is 22.8. The molecule has 12 heteroatoms. The first-order chi connectivity index (χ1) is 26.4. The highest BCUT2D eigenvalue weighted by Crippen LogP contribution is 2.33. The number of benzene rings is 2. The molecule has 4 atom stereocenters. The molecule has 4 aromatic heterocycles. The molecular weight excluding hydrogens is 697 g/mol. The molecule has 1 amide bonds. The largest absolute Gasteiger partial charge is 0.508 e. The topological polar surface area (TPSA) is 135 Å². The maximum atomic E-state index is 12.5. The van der Waals surface area contributed by atoms with Crippen molar-refractivity contribution >= 4 is 17.1 Å². The second-order valence-corrected chi connectivity index (χ2v) is 15.6. The van der Waals surface area contributed by atoms with Crippen molar-refractivity contribution in [2.75, 3.05) is 13.1 Å². The fraction of sp³-hybridized carbons (Fsp3) is 0.372. The lowest BCUT2D eigenvalue weighted by molar-refractivity contribution is -0.000912. The van der Waals surface area contributed by atoms with Gasteiger partial charge < -0.3 is 43.4 Å². The number of hydrogen-bond donors (Lipinski definition) is 3. The number of likely N-dealkylation sites (tertiary alicyclic amines) is 1. The van der Waals surface area contributed by atoms with Crippen LogP contribution >= 0.6 is 0 Å². The van der Waals surface area contributed by atoms with Gasteiger partial charge in [-0.1, -0.05) is 24.3 Å². The summed E-state index contributed by atoms with van der Waals surface area (Å²) in [5, 5.41) is 22.5. The van der Waals surface area contributed by atoms with Gasteiger partial charge in [0, 0.05) is 55.0 Å². The Morgan fingerprint density at radius 2 is 1.25 bits per heavy atom. The summed E-state index contributed by atoms with van der Waals surface area (Å²) in [5.41, 5.74) is 5.39. The van der Waals surface area contributed by atoms with Crippen molar-refractivity contribution in [3.8, 4) is 45.3 Å². The molecule has 3 N–H and O–H groups in total. The van der Waals surface area contributed by atoms with Crippen molar-refractivity contribution in [1.82, 2.24) is 29.0 Å². The number of nitrogens with zero attached hydrogens (tertiary/aromatic N) is 5. The Labute approximate surface area is 321 Å². The van der Waals surface area contributed by atoms with Gasteiger partial charge in [0.25, 0.3) is 0 Å². The molecule has 6 aromatic rings. The van der Waals surface area contributed by atoms with Gasteiger partial charge in [0.05, 0.1) is 25.0 Å². The van der Waals surface area contributed by atoms with Crippen LogP contribution in [-0.4, -0.2) is 83.0 Å². The number of imidazole rings is 2. The minimum atomic E-state index is -0.508. The summed E-state index contributed by atoms with van der Waals surface area (Å²) < 4.78 is 22.2. The number of aromatic nitrogens is 4. The third-order valence-electron chi connectivity index (χ3n) is 9.99. The Balaban J connectivity index is 0.000000174. The second-order valence-electron chi connectivity index (χ2n) is 15.6. The summed E-state index contributed by atoms with van der Waals surface area (Å²) in [6.45, 7) is 11.4. The number of carbonyl (C=O) groups is 1. The molecule has 6 heterocycles. The Morgan fingerprint density at radius 1 is 0.745 bits per heavy atom. The van der Waals surface area contributed by atoms with Gasteiger partial charge in [-0.05, 0) is 102 Å². The number of amides is 1. The van der Waals surface area contributed by atoms with Crippen molar-refractivity contribution in [3.63, 3.8) is 0 Å². The molecule has 0 bridgehead atoms. The van der Waals surface area contributed by atoms with E-state index in [2.05, 4.69) is 28.3 Å². The fourth-order valence-electron chi connectivity index (χ4n) is 7.19. The molecule has 2 aliphatic heterocycles. The van der Waals surface area contributed by atoms with Gasteiger partial charge in [0.1, 0.15) is 51.8 Å². The maximum Gasteiger partial charge on any atom is 0.410 e. The lowest BCUT2D eigenvalue weighted by Gasteiger charge is -2.38. The van der Waals surface area contributed by atoms with Crippen molar-refractivity contribution in [3.05, 3.63) is 98.1 Å². The smallest absolute Gasteiger partial charge is 0.410 e. The van der Waals surface area contributed by atoms with Gasteiger partial charge in [-0.2, -0.15) is 0 Å². The van der Waals surface area contributed by atoms with E-state index in [1.807, 2.05) is 85.4 Å². The Kier molecular flexibility index (Phi) is 10.9. The highest BCUT2D eigenvalue weighted by Gasteiger charge is 2.33. The van der Waals surface area contributed by atoms with Crippen LogP contribution in [0.2, 0.25) is 0 Å². The average molecular weight is 747 g/mol. The first-order valence-corrected chi connectivity index (χ1v) is 18.9. The zero-order valence-corrected chi connectivity index (χ0v) is 32.1. The molecule has 2 aliphatic rings. The summed E-state index contributed by atoms with van der Waals surface area (Å²) in [6.07, 6.45) is 14.6. The van der Waals surface area contributed by atoms with E-state index in [9.17, 15) is 15.0 Å². The quantitative estimate of drug-likeness (QED) is 0.155. The number of aromatic hydroxyl groups is 2. The molecule has 0 radical (unpaired) electrons. The lowest BCUT2D eigenvalue weighted by atomic mass is 10.0. The molecule has 8 rings (SSSR count). The van der Waals surface area contributed by atoms with Crippen molar-refractivity contribution < 1.29 is 29.2 Å². The third kappa shape index (κ3) is 9.14. The SMILES string of the molecule is C[C@@H]1C[C@H](Oc2cc(-c3ccc(O)cc3)cn3cncc23)CCN1.C[C@@H]1C[C@H](Oc2cc(-c3ccc(O)cc3)cn3cncc23)CCN1C(=O)OC(C)(C)C. The number of ether oxygens (including phenoxy) is 3. The minimum absolute atomic E-state index is 0.0116. The zero-order valence-electron chi connectivity index (χ0n) is 32.1. The summed E-state index contributed by atoms with van der Waals surface area (Å²) in [6, 6.07) is 18.9. The van der Waals surface area contributed by atoms with E-state index in [0.29, 0.717) is 12.6 Å². The van der Waals surface area contributed by atoms with Gasteiger partial charge in [0.15, 0.2) is 0 Å². The number of rotatable bonds is 6. The van der Waals surface area contributed by atoms with Crippen LogP contribution in [0.25, 0.3) is 33.3 Å². The molecule has 12 nitrogen and oxygen atoms in total. The van der Waals surface area contributed by atoms with Gasteiger partial charge in [-0.15, -0.1) is 0 Å². The van der Waals surface area contributed by atoms with Gasteiger partial charge in [-0.3, -0.25) is 0 Å². The first-order valence-electron chi connectivity index (χ1n) is 18.9. The number of phenols is 2. The molecule has 2 saturated heterocycles. The van der Waals surface area contributed by atoms with Crippen LogP contribution in [0.3, 0.4) is 0 Å². The molecule has 55 heavy (non-hydrogen) atoms. The number of nitrogens with one attached hydrogen (secondary N) is 1. The molecular formula is C43H50N6O6. The van der Waals surface area contributed by atoms with E-state index in [1.54, 1.807) is 48.0 Å². The number of pyridine rings is 2. The van der Waals surface area contributed by atoms with E-state index in [4.69, 9.17) is 14.2 Å². The maximum absolute atomic E-state index is 12.5. The van der Waals surface area contributed by atoms with Crippen molar-refractivity contribution in [1.29, 1.82) is 0 Å². The lowest BCUT2D eigenvalue weighted by Crippen LogP contribution is -2.49. The van der Waals surface area contributed by atoms with Crippen LogP contribution in [0.15, 0.2) is 98.1 Å². The predicted octanol–water partition coefficient (Wildman–Crippen LogP) is 8.10. The summed E-state index contributed by atoms with van der Waals surface area (Å²) >= 11 is 0. The molecule has 2 aromatic carbocycles. The summed E-state index contributed by atoms with van der Waals surface area (Å²) in [5.74, 6) is 2.11. The predicted molar refractivity (Wildman–Crippen MR) is 212 cm³/mol. The van der Waals surface area contributed by atoms with E-state index in [0.717, 1.165) is 77.0 Å². The molecule has 2 fully saturated rings. The number of carbonyl (C=O) groups excluding carboxylic acids is 1. The number of fused-ring (bicyclic) bond motifs is 2. The number of hydrogen-bond acceptors (Lipinski definition) is 9. The molecule has 0 saturated carbocycles. The van der Waals surface area contributed by atoms with Crippen LogP contribution in [0.1, 0.15) is 60.3 Å². The summed E-state index contributed by atoms with van der Waals surface area (Å²) in [7, 11) is 0. The molecule has 0 spiro atoms. The third-order valence-corrected chi connectivity index (χ3v) is 9.99. The van der Waals surface area contributed by atoms with Gasteiger partial charge in [0.2, 0.25) is 0 Å². The highest BCUT2D eigenvalue weighted by atomic mass is 16.6. The van der Waals surface area contributed by atoms with E-state index < -0.39 is 5.60 Å². The van der Waals surface area contributed by atoms with Gasteiger partial charge >= 0.3 is 6.09 Å². The van der Waals surface area contributed by atoms with Crippen molar-refractivity contribution in [2.24, 2.45) is 0 Å². The van der Waals surface area contributed by atoms with Crippen LogP contribution in [-0.2, 0) is 4.74 Å². The minimum Gasteiger partial charge on any atom is -0.508 e. The average Bonchev–Trinajstić information content (AvgIpc) is 3.82. The zero-order chi connectivity index (χ0) is 38.7. The van der Waals surface area contributed by atoms with Crippen LogP contribution in [0.4, 0.5) is 4.79 Å². The van der Waals surface area contributed by atoms with Crippen molar-refractivity contribution in [2.45, 2.75) is 90.2 Å². The van der Waals surface area contributed by atoms with Crippen LogP contribution in [0.5, 0.6) is 23.0 Å².